The van der Waals surface area contributed by atoms with Crippen LogP contribution in [0.25, 0.3) is 0 Å². The van der Waals surface area contributed by atoms with Crippen LogP contribution in [0.1, 0.15) is 2.85 Å². The van der Waals surface area contributed by atoms with E-state index in [2.05, 4.69) is 0 Å². The van der Waals surface area contributed by atoms with Gasteiger partial charge in [-0.1, -0.05) is 0 Å². The molecule has 0 atom stereocenters. The number of rotatable bonds is 0. The minimum Gasteiger partial charge on any atom is -1.00 e. The van der Waals surface area contributed by atoms with Crippen molar-refractivity contribution in [1.82, 2.24) is 0 Å². The minimum absolute atomic E-state index is 0. The van der Waals surface area contributed by atoms with Gasteiger partial charge in [0.15, 0.2) is 0 Å². The summed E-state index contributed by atoms with van der Waals surface area (Å²) in [5, 5.41) is 0. The van der Waals surface area contributed by atoms with Crippen molar-refractivity contribution in [2.24, 2.45) is 0 Å². The molecule has 0 aliphatic rings. The van der Waals surface area contributed by atoms with Crippen LogP contribution in [0.3, 0.4) is 0 Å². The van der Waals surface area contributed by atoms with Gasteiger partial charge in [0.2, 0.25) is 0 Å². The van der Waals surface area contributed by atoms with Crippen LogP contribution in [0.2, 0.25) is 0 Å². The van der Waals surface area contributed by atoms with Gasteiger partial charge in [-0.2, -0.15) is 0 Å². The maximum atomic E-state index is 0. The van der Waals surface area contributed by atoms with E-state index in [4.69, 9.17) is 0 Å². The van der Waals surface area contributed by atoms with E-state index in [0.29, 0.717) is 0 Å². The SMILES string of the molecule is F.I.[BiH3].[H-].[H-].[K+].[K+].[Lu].[Lu]. The van der Waals surface area contributed by atoms with Gasteiger partial charge in [0.05, 0.1) is 0 Å². The predicted molar refractivity (Wildman–Crippen MR) is 30.1 cm³/mol. The Bertz CT molecular complexity index is 22.5. The summed E-state index contributed by atoms with van der Waals surface area (Å²) in [5.74, 6) is 0. The quantitative estimate of drug-likeness (QED) is 0.170. The summed E-state index contributed by atoms with van der Waals surface area (Å²) in [6, 6.07) is 0. The Kier molecular flexibility index (Phi) is 256. The second-order valence-electron chi connectivity index (χ2n) is 0. The van der Waals surface area contributed by atoms with Gasteiger partial charge < -0.3 is 2.85 Å². The van der Waals surface area contributed by atoms with Gasteiger partial charge in [0.1, 0.15) is 0 Å². The number of hydrogen-bond donors (Lipinski definition) is 0. The van der Waals surface area contributed by atoms with Gasteiger partial charge >= 0.3 is 129 Å². The van der Waals surface area contributed by atoms with E-state index in [1.165, 1.54) is 0 Å². The first-order valence-corrected chi connectivity index (χ1v) is 0. The largest absolute Gasteiger partial charge is 1.00 e. The van der Waals surface area contributed by atoms with Crippen LogP contribution in [-0.4, -0.2) is 26.2 Å². The molecule has 0 saturated carbocycles. The zero-order valence-corrected chi connectivity index (χ0v) is 21.4. The van der Waals surface area contributed by atoms with E-state index >= 15 is 0 Å². The Morgan fingerprint density at radius 1 is 0.857 bits per heavy atom. The molecule has 0 aliphatic carbocycles. The molecule has 0 saturated heterocycles. The second-order valence-corrected chi connectivity index (χ2v) is 0. The van der Waals surface area contributed by atoms with Crippen molar-refractivity contribution in [3.63, 3.8) is 0 Å². The molecule has 0 rings (SSSR count). The predicted octanol–water partition coefficient (Wildman–Crippen LogP) is -6.18. The van der Waals surface area contributed by atoms with Gasteiger partial charge in [-0.15, -0.1) is 24.0 Å². The molecular weight excluding hydrogens is 783 g/mol. The molecule has 0 unspecified atom stereocenters. The van der Waals surface area contributed by atoms with E-state index < -0.39 is 0 Å². The average Bonchev–Trinajstić information content (AvgIpc) is 0. The van der Waals surface area contributed by atoms with Gasteiger partial charge in [-0.3, -0.25) is 4.70 Å². The fourth-order valence-electron chi connectivity index (χ4n) is 0. The summed E-state index contributed by atoms with van der Waals surface area (Å²) in [6.07, 6.45) is 0. The molecule has 0 aromatic heterocycles. The fourth-order valence-corrected chi connectivity index (χ4v) is 0. The maximum absolute atomic E-state index is 0. The Balaban J connectivity index is 0. The summed E-state index contributed by atoms with van der Waals surface area (Å²) in [6.45, 7) is 0. The van der Waals surface area contributed by atoms with Crippen molar-refractivity contribution >= 4 is 50.2 Å². The van der Waals surface area contributed by atoms with Crippen LogP contribution in [0, 0.1) is 73.7 Å². The molecule has 0 aromatic rings. The Labute approximate surface area is 226 Å². The van der Waals surface area contributed by atoms with Crippen molar-refractivity contribution in [3.8, 4) is 0 Å². The zero-order valence-electron chi connectivity index (χ0n) is 6.04. The van der Waals surface area contributed by atoms with Crippen LogP contribution in [-0.2, 0) is 0 Å². The van der Waals surface area contributed by atoms with E-state index in [9.17, 15) is 0 Å². The molecule has 58 valence electrons. The van der Waals surface area contributed by atoms with E-state index in [0.717, 1.165) is 0 Å². The molecule has 0 bridgehead atoms. The normalized spacial score (nSPS) is 0. The molecular formula is H7BiFIK2Lu2. The standard InChI is InChI=1S/Bi.FH.HI.2K.2Lu.5H/h;2*1H;;;;;;;;;/q;;;2*+1;;;;;;2*-1. The smallest absolute Gasteiger partial charge is 1.00 e. The van der Waals surface area contributed by atoms with Crippen LogP contribution >= 0.6 is 24.0 Å². The molecule has 0 fully saturated rings. The van der Waals surface area contributed by atoms with Crippen LogP contribution in [0.4, 0.5) is 4.70 Å². The summed E-state index contributed by atoms with van der Waals surface area (Å²) in [4.78, 5) is 0. The van der Waals surface area contributed by atoms with Crippen molar-refractivity contribution < 1.29 is 184 Å². The Morgan fingerprint density at radius 2 is 0.857 bits per heavy atom. The number of hydrogen-bond acceptors (Lipinski definition) is 0. The Morgan fingerprint density at radius 3 is 0.857 bits per heavy atom. The fraction of sp³-hybridized carbons (Fsp3) is 0. The number of halogens is 2. The minimum atomic E-state index is 0. The van der Waals surface area contributed by atoms with Crippen LogP contribution in [0.15, 0.2) is 0 Å². The topological polar surface area (TPSA) is 0 Å². The average molecular weight is 790 g/mol. The molecule has 0 amide bonds. The molecule has 0 heterocycles. The van der Waals surface area contributed by atoms with Gasteiger partial charge in [0.25, 0.3) is 0 Å². The van der Waals surface area contributed by atoms with Gasteiger partial charge in [0, 0.05) is 73.7 Å². The summed E-state index contributed by atoms with van der Waals surface area (Å²) >= 11 is 0. The summed E-state index contributed by atoms with van der Waals surface area (Å²) < 4.78 is 0. The Hall–Kier alpha value is 7.28. The van der Waals surface area contributed by atoms with Crippen molar-refractivity contribution in [1.29, 1.82) is 0 Å². The monoisotopic (exact) mass is 790 g/mol. The third kappa shape index (κ3) is 31.9. The molecule has 0 aromatic carbocycles. The molecule has 2 radical (unpaired) electrons. The van der Waals surface area contributed by atoms with Gasteiger partial charge in [-0.05, 0) is 0 Å². The first-order valence-electron chi connectivity index (χ1n) is 0. The first-order chi connectivity index (χ1) is 0. The molecule has 0 aliphatic heterocycles. The molecule has 0 N–H and O–H groups in total. The first kappa shape index (κ1) is 47.5. The van der Waals surface area contributed by atoms with Crippen LogP contribution < -0.4 is 103 Å². The van der Waals surface area contributed by atoms with Crippen molar-refractivity contribution in [2.45, 2.75) is 0 Å². The zero-order chi connectivity index (χ0) is 0. The maximum Gasteiger partial charge on any atom is 1.00 e. The molecule has 0 spiro atoms. The van der Waals surface area contributed by atoms with Crippen molar-refractivity contribution in [2.75, 3.05) is 0 Å². The third-order valence-electron chi connectivity index (χ3n) is 0. The van der Waals surface area contributed by atoms with E-state index in [-0.39, 0.29) is 234 Å². The summed E-state index contributed by atoms with van der Waals surface area (Å²) in [5.41, 5.74) is 0. The third-order valence-corrected chi connectivity index (χ3v) is 0. The van der Waals surface area contributed by atoms with E-state index in [1.54, 1.807) is 0 Å². The van der Waals surface area contributed by atoms with E-state index in [1.807, 2.05) is 0 Å². The summed E-state index contributed by atoms with van der Waals surface area (Å²) in [7, 11) is 0. The van der Waals surface area contributed by atoms with Gasteiger partial charge in [-0.25, -0.2) is 0 Å². The molecule has 7 heavy (non-hydrogen) atoms. The van der Waals surface area contributed by atoms with Crippen molar-refractivity contribution in [3.05, 3.63) is 0 Å². The second kappa shape index (κ2) is 37.8. The molecule has 7 heteroatoms. The molecule has 0 nitrogen and oxygen atoms in total. The van der Waals surface area contributed by atoms with Crippen LogP contribution in [0.5, 0.6) is 0 Å².